The Kier molecular flexibility index (Phi) is 2.43. The summed E-state index contributed by atoms with van der Waals surface area (Å²) >= 11 is 0. The van der Waals surface area contributed by atoms with E-state index in [9.17, 15) is 0 Å². The van der Waals surface area contributed by atoms with Crippen molar-refractivity contribution in [1.29, 1.82) is 0 Å². The summed E-state index contributed by atoms with van der Waals surface area (Å²) in [6.07, 6.45) is 3.91. The molecule has 0 spiro atoms. The fourth-order valence-corrected chi connectivity index (χ4v) is 1.45. The largest absolute Gasteiger partial charge is 0.396 e. The Bertz CT molecular complexity index is 425. The van der Waals surface area contributed by atoms with Gasteiger partial charge < -0.3 is 10.8 Å². The predicted molar refractivity (Wildman–Crippen MR) is 52.5 cm³/mol. The number of nitrogens with two attached hydrogens (primary N) is 1. The van der Waals surface area contributed by atoms with E-state index in [1.165, 1.54) is 0 Å². The van der Waals surface area contributed by atoms with Gasteiger partial charge >= 0.3 is 0 Å². The third-order valence-electron chi connectivity index (χ3n) is 2.20. The van der Waals surface area contributed by atoms with Crippen molar-refractivity contribution in [1.82, 2.24) is 15.2 Å². The van der Waals surface area contributed by atoms with Crippen LogP contribution in [0.1, 0.15) is 18.2 Å². The molecular weight excluding hydrogens is 180 g/mol. The highest BCUT2D eigenvalue weighted by Crippen LogP contribution is 2.20. The van der Waals surface area contributed by atoms with Gasteiger partial charge in [0.25, 0.3) is 0 Å². The molecule has 5 nitrogen and oxygen atoms in total. The average Bonchev–Trinajstić information content (AvgIpc) is 2.61. The van der Waals surface area contributed by atoms with E-state index in [1.807, 2.05) is 6.07 Å². The first-order valence-electron chi connectivity index (χ1n) is 4.47. The van der Waals surface area contributed by atoms with Crippen molar-refractivity contribution in [2.24, 2.45) is 5.73 Å². The van der Waals surface area contributed by atoms with Crippen molar-refractivity contribution in [3.05, 3.63) is 24.2 Å². The molecule has 0 amide bonds. The predicted octanol–water partition coefficient (Wildman–Crippen LogP) is 0.340. The molecule has 1 unspecified atom stereocenters. The number of aromatic nitrogens is 3. The van der Waals surface area contributed by atoms with Crippen LogP contribution in [0.2, 0.25) is 0 Å². The molecule has 0 radical (unpaired) electrons. The Morgan fingerprint density at radius 2 is 2.43 bits per heavy atom. The molecular formula is C9H12N4O. The first-order chi connectivity index (χ1) is 6.83. The highest BCUT2D eigenvalue weighted by atomic mass is 16.3. The van der Waals surface area contributed by atoms with Gasteiger partial charge in [0.2, 0.25) is 0 Å². The van der Waals surface area contributed by atoms with E-state index in [-0.39, 0.29) is 12.6 Å². The maximum absolute atomic E-state index is 8.78. The van der Waals surface area contributed by atoms with Gasteiger partial charge in [0.15, 0.2) is 0 Å². The van der Waals surface area contributed by atoms with Crippen LogP contribution in [0.5, 0.6) is 0 Å². The van der Waals surface area contributed by atoms with Gasteiger partial charge in [-0.25, -0.2) is 0 Å². The van der Waals surface area contributed by atoms with Crippen molar-refractivity contribution in [2.45, 2.75) is 12.5 Å². The average molecular weight is 192 g/mol. The van der Waals surface area contributed by atoms with Crippen LogP contribution < -0.4 is 5.73 Å². The van der Waals surface area contributed by atoms with Crippen LogP contribution in [0, 0.1) is 0 Å². The van der Waals surface area contributed by atoms with Gasteiger partial charge in [-0.2, -0.15) is 5.10 Å². The van der Waals surface area contributed by atoms with E-state index in [1.54, 1.807) is 12.4 Å². The van der Waals surface area contributed by atoms with Gasteiger partial charge in [0.05, 0.1) is 11.9 Å². The number of H-pyrrole nitrogens is 1. The standard InChI is InChI=1S/C9H12N4O/c10-7(2-4-14)9-6-1-3-11-5-8(6)12-13-9/h1,3,5,7,14H,2,4,10H2,(H,12,13). The van der Waals surface area contributed by atoms with E-state index in [2.05, 4.69) is 15.2 Å². The van der Waals surface area contributed by atoms with E-state index in [4.69, 9.17) is 10.8 Å². The lowest BCUT2D eigenvalue weighted by Crippen LogP contribution is -2.12. The summed E-state index contributed by atoms with van der Waals surface area (Å²) in [7, 11) is 0. The highest BCUT2D eigenvalue weighted by molar-refractivity contribution is 5.80. The fourth-order valence-electron chi connectivity index (χ4n) is 1.45. The molecule has 0 bridgehead atoms. The maximum Gasteiger partial charge on any atom is 0.111 e. The number of rotatable bonds is 3. The molecule has 1 atom stereocenters. The SMILES string of the molecule is NC(CCO)c1[nH]nc2cnccc12. The van der Waals surface area contributed by atoms with Crippen LogP contribution in [0.3, 0.4) is 0 Å². The Morgan fingerprint density at radius 3 is 3.21 bits per heavy atom. The molecule has 2 rings (SSSR count). The summed E-state index contributed by atoms with van der Waals surface area (Å²) in [5, 5.41) is 16.7. The number of fused-ring (bicyclic) bond motifs is 1. The summed E-state index contributed by atoms with van der Waals surface area (Å²) in [6.45, 7) is 0.0762. The number of aliphatic hydroxyl groups is 1. The van der Waals surface area contributed by atoms with Crippen LogP contribution in [0.15, 0.2) is 18.5 Å². The molecule has 2 aromatic rings. The zero-order valence-corrected chi connectivity index (χ0v) is 7.64. The number of nitrogens with zero attached hydrogens (tertiary/aromatic N) is 2. The van der Waals surface area contributed by atoms with Crippen LogP contribution in [-0.2, 0) is 0 Å². The monoisotopic (exact) mass is 192 g/mol. The van der Waals surface area contributed by atoms with Crippen molar-refractivity contribution < 1.29 is 5.11 Å². The Balaban J connectivity index is 2.42. The summed E-state index contributed by atoms with van der Waals surface area (Å²) in [6, 6.07) is 1.66. The maximum atomic E-state index is 8.78. The lowest BCUT2D eigenvalue weighted by molar-refractivity contribution is 0.276. The fraction of sp³-hybridized carbons (Fsp3) is 0.333. The highest BCUT2D eigenvalue weighted by Gasteiger charge is 2.11. The minimum absolute atomic E-state index is 0.0762. The van der Waals surface area contributed by atoms with Gasteiger partial charge in [-0.3, -0.25) is 10.1 Å². The van der Waals surface area contributed by atoms with Crippen molar-refractivity contribution in [2.75, 3.05) is 6.61 Å². The Labute approximate surface area is 81.0 Å². The molecule has 74 valence electrons. The minimum Gasteiger partial charge on any atom is -0.396 e. The van der Waals surface area contributed by atoms with Gasteiger partial charge in [-0.15, -0.1) is 0 Å². The molecule has 0 saturated carbocycles. The number of hydrogen-bond acceptors (Lipinski definition) is 4. The minimum atomic E-state index is -0.201. The molecule has 0 saturated heterocycles. The number of hydrogen-bond donors (Lipinski definition) is 3. The summed E-state index contributed by atoms with van der Waals surface area (Å²) in [5.41, 5.74) is 7.52. The second kappa shape index (κ2) is 3.73. The van der Waals surface area contributed by atoms with E-state index in [0.29, 0.717) is 6.42 Å². The molecule has 5 heteroatoms. The molecule has 14 heavy (non-hydrogen) atoms. The first kappa shape index (κ1) is 9.11. The molecule has 0 aromatic carbocycles. The lowest BCUT2D eigenvalue weighted by atomic mass is 10.1. The zero-order chi connectivity index (χ0) is 9.97. The van der Waals surface area contributed by atoms with Crippen molar-refractivity contribution in [3.8, 4) is 0 Å². The van der Waals surface area contributed by atoms with Crippen molar-refractivity contribution >= 4 is 10.9 Å². The molecule has 2 aromatic heterocycles. The number of aliphatic hydroxyl groups excluding tert-OH is 1. The zero-order valence-electron chi connectivity index (χ0n) is 7.64. The molecule has 2 heterocycles. The third-order valence-corrected chi connectivity index (χ3v) is 2.20. The Morgan fingerprint density at radius 1 is 1.57 bits per heavy atom. The van der Waals surface area contributed by atoms with Gasteiger partial charge in [-0.05, 0) is 12.5 Å². The quantitative estimate of drug-likeness (QED) is 0.654. The number of nitrogens with one attached hydrogen (secondary N) is 1. The van der Waals surface area contributed by atoms with Crippen LogP contribution in [-0.4, -0.2) is 26.9 Å². The first-order valence-corrected chi connectivity index (χ1v) is 4.47. The number of pyridine rings is 1. The topological polar surface area (TPSA) is 87.8 Å². The normalized spacial score (nSPS) is 13.3. The second-order valence-corrected chi connectivity index (χ2v) is 3.15. The summed E-state index contributed by atoms with van der Waals surface area (Å²) < 4.78 is 0. The van der Waals surface area contributed by atoms with E-state index in [0.717, 1.165) is 16.6 Å². The molecule has 0 fully saturated rings. The molecule has 0 aliphatic carbocycles. The number of aromatic amines is 1. The molecule has 0 aliphatic rings. The van der Waals surface area contributed by atoms with Gasteiger partial charge in [0.1, 0.15) is 5.52 Å². The van der Waals surface area contributed by atoms with E-state index < -0.39 is 0 Å². The summed E-state index contributed by atoms with van der Waals surface area (Å²) in [5.74, 6) is 0. The van der Waals surface area contributed by atoms with Crippen LogP contribution in [0.4, 0.5) is 0 Å². The Hall–Kier alpha value is -1.46. The van der Waals surface area contributed by atoms with Gasteiger partial charge in [-0.1, -0.05) is 0 Å². The van der Waals surface area contributed by atoms with Crippen molar-refractivity contribution in [3.63, 3.8) is 0 Å². The lowest BCUT2D eigenvalue weighted by Gasteiger charge is -2.06. The van der Waals surface area contributed by atoms with E-state index >= 15 is 0 Å². The van der Waals surface area contributed by atoms with Crippen LogP contribution >= 0.6 is 0 Å². The summed E-state index contributed by atoms with van der Waals surface area (Å²) in [4.78, 5) is 3.96. The smallest absolute Gasteiger partial charge is 0.111 e. The third kappa shape index (κ3) is 1.47. The second-order valence-electron chi connectivity index (χ2n) is 3.15. The molecule has 4 N–H and O–H groups in total. The van der Waals surface area contributed by atoms with Gasteiger partial charge in [0, 0.05) is 24.2 Å². The molecule has 0 aliphatic heterocycles. The van der Waals surface area contributed by atoms with Crippen LogP contribution in [0.25, 0.3) is 10.9 Å².